The van der Waals surface area contributed by atoms with Gasteiger partial charge < -0.3 is 14.8 Å². The van der Waals surface area contributed by atoms with Crippen molar-refractivity contribution in [3.8, 4) is 11.4 Å². The summed E-state index contributed by atoms with van der Waals surface area (Å²) < 4.78 is 1.92. The fourth-order valence-corrected chi connectivity index (χ4v) is 6.06. The number of hydrogen-bond donors (Lipinski definition) is 1. The zero-order valence-electron chi connectivity index (χ0n) is 23.8. The number of hydrogen-bond acceptors (Lipinski definition) is 6. The molecule has 0 radical (unpaired) electrons. The fourth-order valence-electron chi connectivity index (χ4n) is 6.06. The Hall–Kier alpha value is -3.29. The van der Waals surface area contributed by atoms with Gasteiger partial charge >= 0.3 is 0 Å². The molecule has 0 aromatic carbocycles. The van der Waals surface area contributed by atoms with Gasteiger partial charge in [-0.3, -0.25) is 4.79 Å². The standard InChI is InChI=1S/C22H29B8N7O/c1-36-10-31-9-15(36)13-3-2-12-8-33-16(7-14(12)34-13)35-18(38)11-4-5-32-17(6-11)37-21(27,28)19(23,24)20(25,26)22(37,29)30/h2-10H,23-30H2,1H3,(H,33,35,38). The largest absolute Gasteiger partial charge is 0.379 e. The second-order valence-corrected chi connectivity index (χ2v) is 12.4. The van der Waals surface area contributed by atoms with E-state index in [1.54, 1.807) is 37.1 Å². The quantitative estimate of drug-likeness (QED) is 0.287. The van der Waals surface area contributed by atoms with Gasteiger partial charge in [0.15, 0.2) is 0 Å². The van der Waals surface area contributed by atoms with Gasteiger partial charge in [0.1, 0.15) is 43.0 Å². The Kier molecular flexibility index (Phi) is 5.97. The molecule has 1 aliphatic heterocycles. The van der Waals surface area contributed by atoms with Crippen LogP contribution in [0.3, 0.4) is 0 Å². The second kappa shape index (κ2) is 8.61. The Morgan fingerprint density at radius 2 is 1.58 bits per heavy atom. The van der Waals surface area contributed by atoms with Crippen LogP contribution in [-0.2, 0) is 7.05 Å². The molecule has 5 heterocycles. The number of carbonyl (C=O) groups is 1. The van der Waals surface area contributed by atoms with E-state index in [9.17, 15) is 4.79 Å². The lowest BCUT2D eigenvalue weighted by Gasteiger charge is -2.46. The third-order valence-electron chi connectivity index (χ3n) is 9.87. The summed E-state index contributed by atoms with van der Waals surface area (Å²) in [4.78, 5) is 33.9. The van der Waals surface area contributed by atoms with E-state index in [2.05, 4.69) is 83.0 Å². The maximum Gasteiger partial charge on any atom is 0.257 e. The minimum atomic E-state index is -0.239. The number of rotatable bonds is 4. The molecule has 4 aromatic rings. The molecule has 0 saturated carbocycles. The molecule has 1 amide bonds. The van der Waals surface area contributed by atoms with Crippen molar-refractivity contribution in [2.24, 2.45) is 7.05 Å². The average molecular weight is 494 g/mol. The number of nitrogens with one attached hydrogen (secondary N) is 1. The minimum absolute atomic E-state index is 0.0141. The lowest BCUT2D eigenvalue weighted by molar-refractivity contribution is 0.102. The number of fused-ring (bicyclic) bond motifs is 1. The van der Waals surface area contributed by atoms with Crippen LogP contribution < -0.4 is 10.2 Å². The summed E-state index contributed by atoms with van der Waals surface area (Å²) in [5.41, 5.74) is 3.00. The van der Waals surface area contributed by atoms with Crippen molar-refractivity contribution in [3.05, 3.63) is 60.8 Å². The number of aromatic nitrogens is 5. The maximum atomic E-state index is 13.4. The molecule has 1 aliphatic rings. The fraction of sp³-hybridized carbons (Fsp3) is 0.227. The topological polar surface area (TPSA) is 88.8 Å². The van der Waals surface area contributed by atoms with Crippen LogP contribution in [0.2, 0.25) is 10.4 Å². The maximum absolute atomic E-state index is 13.4. The van der Waals surface area contributed by atoms with Crippen molar-refractivity contribution < 1.29 is 4.79 Å². The van der Waals surface area contributed by atoms with Gasteiger partial charge in [-0.2, -0.15) is 0 Å². The second-order valence-electron chi connectivity index (χ2n) is 12.4. The van der Waals surface area contributed by atoms with E-state index >= 15 is 0 Å². The molecule has 182 valence electrons. The average Bonchev–Trinajstić information content (AvgIpc) is 3.31. The van der Waals surface area contributed by atoms with Crippen LogP contribution in [0.25, 0.3) is 22.3 Å². The number of nitrogens with zero attached hydrogens (tertiary/aromatic N) is 6. The summed E-state index contributed by atoms with van der Waals surface area (Å²) in [7, 11) is 20.3. The third kappa shape index (κ3) is 3.75. The van der Waals surface area contributed by atoms with Crippen molar-refractivity contribution in [1.29, 1.82) is 0 Å². The lowest BCUT2D eigenvalue weighted by atomic mass is 9.17. The van der Waals surface area contributed by atoms with Gasteiger partial charge in [0, 0.05) is 36.5 Å². The van der Waals surface area contributed by atoms with Crippen LogP contribution in [-0.4, -0.2) is 104 Å². The summed E-state index contributed by atoms with van der Waals surface area (Å²) in [5.74, 6) is 0.997. The summed E-state index contributed by atoms with van der Waals surface area (Å²) in [6.07, 6.45) is 6.96. The van der Waals surface area contributed by atoms with Gasteiger partial charge in [-0.15, -0.1) is 0 Å². The van der Waals surface area contributed by atoms with Gasteiger partial charge in [0.2, 0.25) is 0 Å². The van der Waals surface area contributed by atoms with Crippen LogP contribution in [0.1, 0.15) is 10.4 Å². The Labute approximate surface area is 230 Å². The highest BCUT2D eigenvalue weighted by Gasteiger charge is 2.65. The Balaban J connectivity index is 1.45. The van der Waals surface area contributed by atoms with Gasteiger partial charge in [-0.25, -0.2) is 19.9 Å². The number of carbonyl (C=O) groups excluding carboxylic acids is 1. The van der Waals surface area contributed by atoms with Crippen molar-refractivity contribution in [2.45, 2.75) is 21.1 Å². The van der Waals surface area contributed by atoms with E-state index in [1.165, 1.54) is 0 Å². The molecule has 0 bridgehead atoms. The number of imidazole rings is 1. The Morgan fingerprint density at radius 3 is 2.21 bits per heavy atom. The van der Waals surface area contributed by atoms with Crippen molar-refractivity contribution in [1.82, 2.24) is 24.5 Å². The molecule has 0 atom stereocenters. The van der Waals surface area contributed by atoms with Crippen molar-refractivity contribution in [3.63, 3.8) is 0 Å². The van der Waals surface area contributed by atoms with E-state index in [-0.39, 0.29) is 27.0 Å². The highest BCUT2D eigenvalue weighted by Crippen LogP contribution is 2.63. The van der Waals surface area contributed by atoms with E-state index < -0.39 is 0 Å². The van der Waals surface area contributed by atoms with Crippen LogP contribution in [0.4, 0.5) is 11.6 Å². The molecule has 1 N–H and O–H groups in total. The smallest absolute Gasteiger partial charge is 0.257 e. The molecule has 0 unspecified atom stereocenters. The van der Waals surface area contributed by atoms with E-state index in [0.29, 0.717) is 11.4 Å². The predicted molar refractivity (Wildman–Crippen MR) is 176 cm³/mol. The molecular formula is C22H29B8N7O. The molecule has 16 heteroatoms. The first-order valence-electron chi connectivity index (χ1n) is 13.0. The SMILES string of the molecule is BC1(B)N(c2cc(C(=O)Nc3cc4nc(-c5cncn5C)ccc4cn3)ccn2)C(B)(B)C(B)(B)C1(B)B. The lowest BCUT2D eigenvalue weighted by Crippen LogP contribution is -2.60. The van der Waals surface area contributed by atoms with E-state index in [4.69, 9.17) is 9.97 Å². The Morgan fingerprint density at radius 1 is 0.895 bits per heavy atom. The minimum Gasteiger partial charge on any atom is -0.379 e. The first-order chi connectivity index (χ1) is 17.7. The molecule has 1 fully saturated rings. The first-order valence-corrected chi connectivity index (χ1v) is 13.0. The Bertz CT molecular complexity index is 1550. The number of pyridine rings is 3. The van der Waals surface area contributed by atoms with Gasteiger partial charge in [-0.05, 0) is 34.9 Å². The number of anilines is 2. The summed E-state index contributed by atoms with van der Waals surface area (Å²) >= 11 is 0. The normalized spacial score (nSPS) is 18.8. The highest BCUT2D eigenvalue weighted by molar-refractivity contribution is 6.69. The zero-order valence-corrected chi connectivity index (χ0v) is 23.8. The molecule has 5 rings (SSSR count). The van der Waals surface area contributed by atoms with Crippen LogP contribution in [0, 0.1) is 0 Å². The molecule has 4 aromatic heterocycles. The van der Waals surface area contributed by atoms with Crippen LogP contribution in [0.5, 0.6) is 0 Å². The predicted octanol–water partition coefficient (Wildman–Crippen LogP) is -4.90. The van der Waals surface area contributed by atoms with Crippen LogP contribution in [0.15, 0.2) is 55.2 Å². The van der Waals surface area contributed by atoms with Crippen molar-refractivity contribution in [2.75, 3.05) is 10.2 Å². The molecular weight excluding hydrogens is 465 g/mol. The van der Waals surface area contributed by atoms with E-state index in [0.717, 1.165) is 28.1 Å². The van der Waals surface area contributed by atoms with Gasteiger partial charge in [0.25, 0.3) is 5.91 Å². The van der Waals surface area contributed by atoms with Crippen LogP contribution >= 0.6 is 0 Å². The summed E-state index contributed by atoms with van der Waals surface area (Å²) in [6, 6.07) is 9.34. The number of amides is 1. The summed E-state index contributed by atoms with van der Waals surface area (Å²) in [5, 5.41) is 3.43. The summed E-state index contributed by atoms with van der Waals surface area (Å²) in [6.45, 7) is 0. The molecule has 8 nitrogen and oxygen atoms in total. The molecule has 1 saturated heterocycles. The number of aryl methyl sites for hydroxylation is 1. The molecule has 38 heavy (non-hydrogen) atoms. The third-order valence-corrected chi connectivity index (χ3v) is 9.87. The van der Waals surface area contributed by atoms with Crippen molar-refractivity contribution >= 4 is 91.2 Å². The molecule has 0 spiro atoms. The monoisotopic (exact) mass is 495 g/mol. The van der Waals surface area contributed by atoms with E-state index in [1.807, 2.05) is 29.8 Å². The molecule has 0 aliphatic carbocycles. The zero-order chi connectivity index (χ0) is 27.7. The highest BCUT2D eigenvalue weighted by atomic mass is 16.1. The first kappa shape index (κ1) is 26.3. The van der Waals surface area contributed by atoms with Gasteiger partial charge in [0.05, 0.1) is 60.8 Å². The van der Waals surface area contributed by atoms with Gasteiger partial charge in [-0.1, -0.05) is 10.4 Å².